The first-order chi connectivity index (χ1) is 8.09. The minimum atomic E-state index is 0.0178. The van der Waals surface area contributed by atoms with E-state index < -0.39 is 0 Å². The van der Waals surface area contributed by atoms with E-state index in [9.17, 15) is 0 Å². The summed E-state index contributed by atoms with van der Waals surface area (Å²) in [7, 11) is 0. The molecule has 1 N–H and O–H groups in total. The van der Waals surface area contributed by atoms with Gasteiger partial charge in [0.05, 0.1) is 0 Å². The first-order valence-electron chi connectivity index (χ1n) is 5.58. The van der Waals surface area contributed by atoms with Crippen molar-refractivity contribution in [1.29, 1.82) is 0 Å². The van der Waals surface area contributed by atoms with Crippen LogP contribution < -0.4 is 0 Å². The van der Waals surface area contributed by atoms with Gasteiger partial charge in [-0.15, -0.1) is 0 Å². The average Bonchev–Trinajstić information content (AvgIpc) is 2.88. The lowest BCUT2D eigenvalue weighted by Gasteiger charge is -2.14. The van der Waals surface area contributed by atoms with Gasteiger partial charge in [-0.05, 0) is 25.1 Å². The third-order valence-corrected chi connectivity index (χ3v) is 2.85. The molecule has 1 atom stereocenters. The number of aromatic nitrogens is 6. The van der Waals surface area contributed by atoms with Crippen LogP contribution in [0.15, 0.2) is 12.7 Å². The Morgan fingerprint density at radius 1 is 1.41 bits per heavy atom. The van der Waals surface area contributed by atoms with Crippen LogP contribution in [-0.2, 0) is 6.54 Å². The molecule has 0 bridgehead atoms. The highest BCUT2D eigenvalue weighted by molar-refractivity contribution is 7.71. The van der Waals surface area contributed by atoms with Crippen LogP contribution in [0.2, 0.25) is 0 Å². The highest BCUT2D eigenvalue weighted by Crippen LogP contribution is 2.15. The maximum absolute atomic E-state index is 5.24. The quantitative estimate of drug-likeness (QED) is 0.843. The zero-order chi connectivity index (χ0) is 12.4. The van der Waals surface area contributed by atoms with Crippen molar-refractivity contribution in [3.63, 3.8) is 0 Å². The van der Waals surface area contributed by atoms with Gasteiger partial charge in [-0.25, -0.2) is 9.67 Å². The molecule has 2 heterocycles. The molecular formula is C10H16N6S. The number of aromatic amines is 1. The van der Waals surface area contributed by atoms with Gasteiger partial charge >= 0.3 is 0 Å². The number of nitrogens with zero attached hydrogens (tertiary/aromatic N) is 5. The van der Waals surface area contributed by atoms with Crippen LogP contribution in [0.1, 0.15) is 32.6 Å². The fraction of sp³-hybridized carbons (Fsp3) is 0.600. The molecule has 0 saturated carbocycles. The largest absolute Gasteiger partial charge is 0.302 e. The van der Waals surface area contributed by atoms with Gasteiger partial charge in [0.25, 0.3) is 0 Å². The van der Waals surface area contributed by atoms with E-state index in [0.717, 1.165) is 12.4 Å². The topological polar surface area (TPSA) is 64.3 Å². The first kappa shape index (κ1) is 12.0. The Kier molecular flexibility index (Phi) is 3.37. The second-order valence-corrected chi connectivity index (χ2v) is 4.83. The zero-order valence-corrected chi connectivity index (χ0v) is 11.0. The van der Waals surface area contributed by atoms with Gasteiger partial charge in [0.15, 0.2) is 10.6 Å². The van der Waals surface area contributed by atoms with E-state index >= 15 is 0 Å². The van der Waals surface area contributed by atoms with E-state index in [4.69, 9.17) is 12.2 Å². The normalized spacial score (nSPS) is 13.2. The van der Waals surface area contributed by atoms with E-state index in [-0.39, 0.29) is 6.04 Å². The van der Waals surface area contributed by atoms with Crippen LogP contribution in [0.4, 0.5) is 0 Å². The summed E-state index contributed by atoms with van der Waals surface area (Å²) in [5.74, 6) is 1.40. The molecule has 0 amide bonds. The molecule has 2 aromatic heterocycles. The molecule has 0 saturated heterocycles. The molecular weight excluding hydrogens is 236 g/mol. The van der Waals surface area contributed by atoms with Crippen molar-refractivity contribution < 1.29 is 0 Å². The molecule has 0 aliphatic rings. The van der Waals surface area contributed by atoms with E-state index in [1.807, 2.05) is 11.5 Å². The molecule has 0 aliphatic heterocycles. The van der Waals surface area contributed by atoms with Crippen molar-refractivity contribution in [3.05, 3.63) is 23.3 Å². The van der Waals surface area contributed by atoms with Gasteiger partial charge < -0.3 is 4.57 Å². The average molecular weight is 252 g/mol. The lowest BCUT2D eigenvalue weighted by Crippen LogP contribution is -2.16. The number of H-pyrrole nitrogens is 1. The third kappa shape index (κ3) is 2.44. The van der Waals surface area contributed by atoms with Crippen molar-refractivity contribution in [2.24, 2.45) is 5.92 Å². The van der Waals surface area contributed by atoms with Crippen molar-refractivity contribution in [2.75, 3.05) is 0 Å². The van der Waals surface area contributed by atoms with Gasteiger partial charge in [0, 0.05) is 6.54 Å². The van der Waals surface area contributed by atoms with E-state index in [2.05, 4.69) is 34.1 Å². The molecule has 7 heteroatoms. The van der Waals surface area contributed by atoms with Crippen LogP contribution in [0.25, 0.3) is 0 Å². The van der Waals surface area contributed by atoms with Crippen LogP contribution in [-0.4, -0.2) is 29.5 Å². The third-order valence-electron chi connectivity index (χ3n) is 2.54. The van der Waals surface area contributed by atoms with Crippen molar-refractivity contribution in [1.82, 2.24) is 29.5 Å². The predicted molar refractivity (Wildman–Crippen MR) is 66.1 cm³/mol. The summed E-state index contributed by atoms with van der Waals surface area (Å²) in [5.41, 5.74) is 0. The minimum Gasteiger partial charge on any atom is -0.302 e. The van der Waals surface area contributed by atoms with Crippen LogP contribution in [0.3, 0.4) is 0 Å². The molecule has 0 aromatic carbocycles. The van der Waals surface area contributed by atoms with E-state index in [1.54, 1.807) is 11.0 Å². The minimum absolute atomic E-state index is 0.0178. The summed E-state index contributed by atoms with van der Waals surface area (Å²) < 4.78 is 4.44. The summed E-state index contributed by atoms with van der Waals surface area (Å²) in [6.07, 6.45) is 3.20. The Bertz CT molecular complexity index is 523. The highest BCUT2D eigenvalue weighted by atomic mass is 32.1. The summed E-state index contributed by atoms with van der Waals surface area (Å²) in [6.45, 7) is 7.18. The lowest BCUT2D eigenvalue weighted by molar-refractivity contribution is 0.456. The molecule has 0 radical (unpaired) electrons. The molecule has 1 unspecified atom stereocenters. The first-order valence-corrected chi connectivity index (χ1v) is 5.99. The van der Waals surface area contributed by atoms with Gasteiger partial charge in [0.1, 0.15) is 18.7 Å². The molecule has 92 valence electrons. The Morgan fingerprint density at radius 3 is 2.76 bits per heavy atom. The summed E-state index contributed by atoms with van der Waals surface area (Å²) in [6, 6.07) is 0.0178. The standard InChI is InChI=1S/C10H16N6S/c1-7(2)4-15-9(13-14-10(15)17)8(3)16-6-11-5-12-16/h5-8H,4H2,1-3H3,(H,14,17). The monoisotopic (exact) mass is 252 g/mol. The van der Waals surface area contributed by atoms with Crippen LogP contribution in [0, 0.1) is 10.7 Å². The van der Waals surface area contributed by atoms with Crippen molar-refractivity contribution in [2.45, 2.75) is 33.4 Å². The highest BCUT2D eigenvalue weighted by Gasteiger charge is 2.16. The molecule has 0 aliphatic carbocycles. The molecule has 2 aromatic rings. The number of rotatable bonds is 4. The molecule has 0 fully saturated rings. The second kappa shape index (κ2) is 4.79. The Hall–Kier alpha value is -1.50. The Morgan fingerprint density at radius 2 is 2.18 bits per heavy atom. The lowest BCUT2D eigenvalue weighted by atomic mass is 10.2. The molecule has 0 spiro atoms. The van der Waals surface area contributed by atoms with Gasteiger partial charge in [-0.3, -0.25) is 5.10 Å². The Labute approximate surface area is 105 Å². The van der Waals surface area contributed by atoms with Gasteiger partial charge in [0.2, 0.25) is 0 Å². The van der Waals surface area contributed by atoms with Crippen molar-refractivity contribution in [3.8, 4) is 0 Å². The SMILES string of the molecule is CC(C)Cn1c(C(C)n2cncn2)n[nH]c1=S. The fourth-order valence-electron chi connectivity index (χ4n) is 1.73. The number of hydrogen-bond donors (Lipinski definition) is 1. The van der Waals surface area contributed by atoms with Crippen molar-refractivity contribution >= 4 is 12.2 Å². The summed E-state index contributed by atoms with van der Waals surface area (Å²) in [5, 5.41) is 11.2. The smallest absolute Gasteiger partial charge is 0.195 e. The fourth-order valence-corrected chi connectivity index (χ4v) is 1.94. The zero-order valence-electron chi connectivity index (χ0n) is 10.2. The number of hydrogen-bond acceptors (Lipinski definition) is 4. The summed E-state index contributed by atoms with van der Waals surface area (Å²) >= 11 is 5.24. The molecule has 6 nitrogen and oxygen atoms in total. The van der Waals surface area contributed by atoms with E-state index in [1.165, 1.54) is 6.33 Å². The van der Waals surface area contributed by atoms with Gasteiger partial charge in [-0.1, -0.05) is 13.8 Å². The van der Waals surface area contributed by atoms with Gasteiger partial charge in [-0.2, -0.15) is 10.2 Å². The summed E-state index contributed by atoms with van der Waals surface area (Å²) in [4.78, 5) is 3.94. The maximum Gasteiger partial charge on any atom is 0.195 e. The molecule has 2 rings (SSSR count). The second-order valence-electron chi connectivity index (χ2n) is 4.44. The maximum atomic E-state index is 5.24. The van der Waals surface area contributed by atoms with E-state index in [0.29, 0.717) is 10.7 Å². The number of nitrogens with one attached hydrogen (secondary N) is 1. The van der Waals surface area contributed by atoms with Crippen LogP contribution in [0.5, 0.6) is 0 Å². The Balaban J connectivity index is 2.36. The predicted octanol–water partition coefficient (Wildman–Crippen LogP) is 1.80. The van der Waals surface area contributed by atoms with Crippen LogP contribution >= 0.6 is 12.2 Å². The molecule has 17 heavy (non-hydrogen) atoms.